The molecule has 3 aliphatic rings. The Morgan fingerprint density at radius 1 is 1.28 bits per heavy atom. The highest BCUT2D eigenvalue weighted by Gasteiger charge is 2.46. The normalized spacial score (nSPS) is 23.0. The zero-order chi connectivity index (χ0) is 22.6. The fourth-order valence-electron chi connectivity index (χ4n) is 3.94. The number of aliphatic carboxylic acids is 2. The Labute approximate surface area is 195 Å². The van der Waals surface area contributed by atoms with E-state index in [1.807, 2.05) is 9.47 Å². The Balaban J connectivity index is 1.63. The molecule has 14 heteroatoms. The lowest BCUT2D eigenvalue weighted by atomic mass is 9.88. The number of carboxylic acids is 2. The van der Waals surface area contributed by atoms with Gasteiger partial charge in [0, 0.05) is 16.9 Å². The molecular weight excluding hydrogens is 476 g/mol. The van der Waals surface area contributed by atoms with Crippen LogP contribution in [0.3, 0.4) is 0 Å². The summed E-state index contributed by atoms with van der Waals surface area (Å²) in [4.78, 5) is 25.3. The molecule has 0 fully saturated rings. The van der Waals surface area contributed by atoms with Crippen LogP contribution in [-0.4, -0.2) is 59.2 Å². The summed E-state index contributed by atoms with van der Waals surface area (Å²) in [5, 5.41) is 33.1. The SMILES string of the molecule is CC[C@@]1(C)Cc2c(sc3c2C2NN=C(SCC(=O)O)N2c2nnc(SCC(=O)O)n2-3)CO1. The third-order valence-electron chi connectivity index (χ3n) is 5.67. The van der Waals surface area contributed by atoms with Gasteiger partial charge in [-0.2, -0.15) is 5.10 Å². The van der Waals surface area contributed by atoms with E-state index in [2.05, 4.69) is 34.6 Å². The van der Waals surface area contributed by atoms with Crippen LogP contribution in [-0.2, 0) is 27.4 Å². The number of hydrazone groups is 1. The number of nitrogens with zero attached hydrogens (tertiary/aromatic N) is 5. The van der Waals surface area contributed by atoms with Crippen LogP contribution in [0, 0.1) is 0 Å². The molecule has 0 aliphatic carbocycles. The molecule has 3 N–H and O–H groups in total. The molecule has 0 aromatic carbocycles. The van der Waals surface area contributed by atoms with Crippen LogP contribution in [0.15, 0.2) is 10.3 Å². The summed E-state index contributed by atoms with van der Waals surface area (Å²) < 4.78 is 8.01. The summed E-state index contributed by atoms with van der Waals surface area (Å²) in [6.45, 7) is 4.71. The first-order chi connectivity index (χ1) is 15.3. The predicted octanol–water partition coefficient (Wildman–Crippen LogP) is 2.26. The minimum absolute atomic E-state index is 0.144. The van der Waals surface area contributed by atoms with Gasteiger partial charge in [-0.15, -0.1) is 21.5 Å². The Morgan fingerprint density at radius 2 is 2.03 bits per heavy atom. The number of thioether (sulfide) groups is 2. The molecule has 0 spiro atoms. The first-order valence-corrected chi connectivity index (χ1v) is 12.7. The first-order valence-electron chi connectivity index (χ1n) is 9.87. The Bertz CT molecular complexity index is 1150. The lowest BCUT2D eigenvalue weighted by Gasteiger charge is -2.35. The van der Waals surface area contributed by atoms with Crippen molar-refractivity contribution in [2.24, 2.45) is 5.10 Å². The molecule has 0 saturated carbocycles. The number of aromatic nitrogens is 3. The largest absolute Gasteiger partial charge is 0.481 e. The molecule has 0 radical (unpaired) electrons. The van der Waals surface area contributed by atoms with Crippen molar-refractivity contribution in [2.45, 2.75) is 50.2 Å². The van der Waals surface area contributed by atoms with Crippen molar-refractivity contribution in [1.29, 1.82) is 0 Å². The monoisotopic (exact) mass is 496 g/mol. The van der Waals surface area contributed by atoms with E-state index in [9.17, 15) is 9.59 Å². The number of anilines is 1. The highest BCUT2D eigenvalue weighted by Crippen LogP contribution is 2.50. The summed E-state index contributed by atoms with van der Waals surface area (Å²) in [6.07, 6.45) is 1.27. The lowest BCUT2D eigenvalue weighted by Crippen LogP contribution is -2.40. The van der Waals surface area contributed by atoms with Gasteiger partial charge in [0.05, 0.1) is 23.7 Å². The Morgan fingerprint density at radius 3 is 2.75 bits per heavy atom. The van der Waals surface area contributed by atoms with Gasteiger partial charge in [-0.3, -0.25) is 19.9 Å². The zero-order valence-corrected chi connectivity index (χ0v) is 19.6. The second-order valence-corrected chi connectivity index (χ2v) is 10.7. The van der Waals surface area contributed by atoms with E-state index in [1.165, 1.54) is 5.56 Å². The molecular formula is C18H20N6O5S3. The summed E-state index contributed by atoms with van der Waals surface area (Å²) in [5.74, 6) is -1.70. The summed E-state index contributed by atoms with van der Waals surface area (Å²) in [7, 11) is 0. The van der Waals surface area contributed by atoms with E-state index >= 15 is 0 Å². The molecule has 2 aromatic rings. The van der Waals surface area contributed by atoms with Crippen molar-refractivity contribution in [1.82, 2.24) is 20.2 Å². The van der Waals surface area contributed by atoms with Gasteiger partial charge in [-0.05, 0) is 18.9 Å². The molecule has 1 unspecified atom stereocenters. The van der Waals surface area contributed by atoms with Crippen LogP contribution in [0.4, 0.5) is 5.95 Å². The minimum atomic E-state index is -0.944. The number of thiophene rings is 1. The van der Waals surface area contributed by atoms with Crippen LogP contribution < -0.4 is 10.3 Å². The van der Waals surface area contributed by atoms with Gasteiger partial charge < -0.3 is 14.9 Å². The highest BCUT2D eigenvalue weighted by atomic mass is 32.2. The van der Waals surface area contributed by atoms with Crippen LogP contribution in [0.5, 0.6) is 0 Å². The molecule has 11 nitrogen and oxygen atoms in total. The van der Waals surface area contributed by atoms with Crippen LogP contribution in [0.2, 0.25) is 0 Å². The third-order valence-corrected chi connectivity index (χ3v) is 8.72. The number of ether oxygens (including phenoxy) is 1. The van der Waals surface area contributed by atoms with E-state index in [0.717, 1.165) is 51.8 Å². The van der Waals surface area contributed by atoms with Crippen molar-refractivity contribution in [3.05, 3.63) is 16.0 Å². The molecule has 32 heavy (non-hydrogen) atoms. The topological polar surface area (TPSA) is 142 Å². The lowest BCUT2D eigenvalue weighted by molar-refractivity contribution is -0.134. The van der Waals surface area contributed by atoms with Gasteiger partial charge in [0.2, 0.25) is 5.95 Å². The number of nitrogens with one attached hydrogen (secondary N) is 1. The second-order valence-electron chi connectivity index (χ2n) is 7.77. The number of carbonyl (C=O) groups is 2. The highest BCUT2D eigenvalue weighted by molar-refractivity contribution is 8.14. The van der Waals surface area contributed by atoms with Crippen molar-refractivity contribution in [2.75, 3.05) is 16.4 Å². The molecule has 5 rings (SSSR count). The average molecular weight is 497 g/mol. The smallest absolute Gasteiger partial charge is 0.313 e. The number of fused-ring (bicyclic) bond motifs is 8. The maximum atomic E-state index is 11.2. The van der Waals surface area contributed by atoms with E-state index in [1.54, 1.807) is 11.3 Å². The van der Waals surface area contributed by atoms with Crippen LogP contribution in [0.25, 0.3) is 5.00 Å². The quantitative estimate of drug-likeness (QED) is 0.507. The molecule has 2 atom stereocenters. The molecule has 2 aromatic heterocycles. The third kappa shape index (κ3) is 3.45. The van der Waals surface area contributed by atoms with E-state index in [4.69, 9.17) is 14.9 Å². The van der Waals surface area contributed by atoms with Gasteiger partial charge >= 0.3 is 11.9 Å². The van der Waals surface area contributed by atoms with Gasteiger partial charge in [0.25, 0.3) is 0 Å². The van der Waals surface area contributed by atoms with Crippen molar-refractivity contribution in [3.8, 4) is 5.00 Å². The average Bonchev–Trinajstić information content (AvgIpc) is 3.44. The number of carboxylic acid groups (broad SMARTS) is 2. The number of hydrogen-bond acceptors (Lipinski definition) is 11. The Kier molecular flexibility index (Phi) is 5.34. The summed E-state index contributed by atoms with van der Waals surface area (Å²) in [5.41, 5.74) is 5.10. The van der Waals surface area contributed by atoms with Gasteiger partial charge in [-0.1, -0.05) is 30.4 Å². The number of rotatable bonds is 6. The Hall–Kier alpha value is -2.29. The van der Waals surface area contributed by atoms with Crippen LogP contribution >= 0.6 is 34.9 Å². The second kappa shape index (κ2) is 7.93. The van der Waals surface area contributed by atoms with Gasteiger partial charge in [0.15, 0.2) is 16.5 Å². The fraction of sp³-hybridized carbons (Fsp3) is 0.500. The van der Waals surface area contributed by atoms with Gasteiger partial charge in [0.1, 0.15) is 5.00 Å². The van der Waals surface area contributed by atoms with Crippen molar-refractivity contribution >= 4 is 57.9 Å². The molecule has 170 valence electrons. The van der Waals surface area contributed by atoms with Crippen molar-refractivity contribution in [3.63, 3.8) is 0 Å². The zero-order valence-electron chi connectivity index (χ0n) is 17.2. The summed E-state index contributed by atoms with van der Waals surface area (Å²) >= 11 is 3.78. The molecule has 0 amide bonds. The van der Waals surface area contributed by atoms with Crippen LogP contribution in [0.1, 0.15) is 42.4 Å². The van der Waals surface area contributed by atoms with E-state index in [-0.39, 0.29) is 23.3 Å². The van der Waals surface area contributed by atoms with E-state index < -0.39 is 11.9 Å². The molecule has 0 saturated heterocycles. The predicted molar refractivity (Wildman–Crippen MR) is 121 cm³/mol. The molecule has 0 bridgehead atoms. The number of amidine groups is 1. The minimum Gasteiger partial charge on any atom is -0.481 e. The van der Waals surface area contributed by atoms with E-state index in [0.29, 0.717) is 22.9 Å². The standard InChI is InChI=1S/C18H20N6O5S3/c1-3-18(2)4-8-9(5-29-18)32-14-12(8)13-19-21-16(30-6-10(25)26)23(13)15-20-22-17(24(14)15)31-7-11(27)28/h13,19H,3-7H2,1-2H3,(H,25,26)(H,27,28)/t13?,18-/m0/s1. The number of hydrogen-bond donors (Lipinski definition) is 3. The molecule has 5 heterocycles. The maximum absolute atomic E-state index is 11.2. The first kappa shape index (κ1) is 21.6. The maximum Gasteiger partial charge on any atom is 0.313 e. The summed E-state index contributed by atoms with van der Waals surface area (Å²) in [6, 6.07) is 0. The van der Waals surface area contributed by atoms with Gasteiger partial charge in [-0.25, -0.2) is 4.57 Å². The fourth-order valence-corrected chi connectivity index (χ4v) is 6.61. The van der Waals surface area contributed by atoms with Crippen molar-refractivity contribution < 1.29 is 24.5 Å². The molecule has 3 aliphatic heterocycles.